The van der Waals surface area contributed by atoms with Crippen LogP contribution in [0.1, 0.15) is 69.7 Å². The van der Waals surface area contributed by atoms with Gasteiger partial charge in [-0.05, 0) is 87.1 Å². The van der Waals surface area contributed by atoms with E-state index in [0.29, 0.717) is 17.9 Å². The predicted molar refractivity (Wildman–Crippen MR) is 128 cm³/mol. The summed E-state index contributed by atoms with van der Waals surface area (Å²) in [6.07, 6.45) is 13.6. The predicted octanol–water partition coefficient (Wildman–Crippen LogP) is 6.52. The monoisotopic (exact) mass is 437 g/mol. The summed E-state index contributed by atoms with van der Waals surface area (Å²) in [6, 6.07) is 6.66. The van der Waals surface area contributed by atoms with E-state index >= 15 is 0 Å². The van der Waals surface area contributed by atoms with Crippen LogP contribution in [0, 0.1) is 5.92 Å². The average Bonchev–Trinajstić information content (AvgIpc) is 3.29. The fourth-order valence-electron chi connectivity index (χ4n) is 4.39. The maximum Gasteiger partial charge on any atom is 0.126 e. The largest absolute Gasteiger partial charge is 0.370 e. The molecule has 0 radical (unpaired) electrons. The molecule has 0 spiro atoms. The van der Waals surface area contributed by atoms with Crippen molar-refractivity contribution in [1.29, 1.82) is 0 Å². The topological polar surface area (TPSA) is 55.6 Å². The van der Waals surface area contributed by atoms with Crippen LogP contribution in [-0.4, -0.2) is 26.3 Å². The lowest BCUT2D eigenvalue weighted by Gasteiger charge is -2.29. The molecular weight excluding hydrogens is 406 g/mol. The molecule has 0 atom stereocenters. The lowest BCUT2D eigenvalue weighted by molar-refractivity contribution is 0.338. The van der Waals surface area contributed by atoms with Crippen molar-refractivity contribution in [1.82, 2.24) is 19.7 Å². The zero-order valence-corrected chi connectivity index (χ0v) is 19.4. The summed E-state index contributed by atoms with van der Waals surface area (Å²) < 4.78 is 1.99. The first-order chi connectivity index (χ1) is 15.0. The number of nitrogens with zero attached hydrogens (tertiary/aromatic N) is 4. The van der Waals surface area contributed by atoms with Crippen LogP contribution in [-0.2, 0) is 6.42 Å². The number of nitrogens with one attached hydrogen (secondary N) is 1. The SMILES string of the molecule is CCc1ncc(C2CCC(CNc3cc(-c4cnn(C(C)C)c4)ccn3)CC2)cc1Cl. The average molecular weight is 438 g/mol. The Morgan fingerprint density at radius 2 is 1.90 bits per heavy atom. The third-order valence-corrected chi connectivity index (χ3v) is 6.71. The van der Waals surface area contributed by atoms with E-state index in [1.165, 1.54) is 31.2 Å². The summed E-state index contributed by atoms with van der Waals surface area (Å²) >= 11 is 6.38. The molecule has 0 aliphatic heterocycles. The first-order valence-electron chi connectivity index (χ1n) is 11.4. The van der Waals surface area contributed by atoms with Gasteiger partial charge in [0.1, 0.15) is 5.82 Å². The van der Waals surface area contributed by atoms with Gasteiger partial charge in [0.15, 0.2) is 0 Å². The molecule has 3 heterocycles. The molecule has 5 nitrogen and oxygen atoms in total. The Balaban J connectivity index is 1.31. The fraction of sp³-hybridized carbons (Fsp3) is 0.480. The van der Waals surface area contributed by atoms with E-state index in [1.54, 1.807) is 0 Å². The Labute approximate surface area is 190 Å². The summed E-state index contributed by atoms with van der Waals surface area (Å²) in [5.74, 6) is 2.18. The molecule has 6 heteroatoms. The number of rotatable bonds is 7. The molecule has 1 aliphatic rings. The van der Waals surface area contributed by atoms with Gasteiger partial charge in [-0.2, -0.15) is 5.10 Å². The minimum atomic E-state index is 0.361. The molecule has 0 saturated heterocycles. The van der Waals surface area contributed by atoms with Gasteiger partial charge in [-0.15, -0.1) is 0 Å². The van der Waals surface area contributed by atoms with Crippen LogP contribution in [0.15, 0.2) is 43.0 Å². The summed E-state index contributed by atoms with van der Waals surface area (Å²) in [5.41, 5.74) is 4.56. The number of hydrogen-bond acceptors (Lipinski definition) is 4. The molecule has 0 aromatic carbocycles. The standard InChI is InChI=1S/C25H32ClN5/c1-4-24-23(26)11-21(14-28-24)19-7-5-18(6-8-19)13-29-25-12-20(9-10-27-25)22-15-30-31(16-22)17(2)3/h9-12,14-19H,4-8,13H2,1-3H3,(H,27,29). The summed E-state index contributed by atoms with van der Waals surface area (Å²) in [4.78, 5) is 9.07. The molecule has 3 aromatic heterocycles. The van der Waals surface area contributed by atoms with Gasteiger partial charge in [0.2, 0.25) is 0 Å². The van der Waals surface area contributed by atoms with E-state index < -0.39 is 0 Å². The number of aromatic nitrogens is 4. The van der Waals surface area contributed by atoms with Crippen molar-refractivity contribution in [2.24, 2.45) is 5.92 Å². The van der Waals surface area contributed by atoms with Crippen LogP contribution >= 0.6 is 11.6 Å². The molecule has 1 aliphatic carbocycles. The second-order valence-electron chi connectivity index (χ2n) is 8.88. The minimum Gasteiger partial charge on any atom is -0.370 e. The molecular formula is C25H32ClN5. The van der Waals surface area contributed by atoms with Crippen LogP contribution < -0.4 is 5.32 Å². The molecule has 31 heavy (non-hydrogen) atoms. The second-order valence-corrected chi connectivity index (χ2v) is 9.29. The molecule has 164 valence electrons. The number of halogens is 1. The molecule has 1 fully saturated rings. The van der Waals surface area contributed by atoms with E-state index in [9.17, 15) is 0 Å². The number of hydrogen-bond donors (Lipinski definition) is 1. The maximum atomic E-state index is 6.38. The highest BCUT2D eigenvalue weighted by Crippen LogP contribution is 2.36. The zero-order valence-electron chi connectivity index (χ0n) is 18.7. The van der Waals surface area contributed by atoms with E-state index in [4.69, 9.17) is 11.6 Å². The number of pyridine rings is 2. The molecule has 0 bridgehead atoms. The van der Waals surface area contributed by atoms with Gasteiger partial charge >= 0.3 is 0 Å². The summed E-state index contributed by atoms with van der Waals surface area (Å²) in [5, 5.41) is 8.83. The Bertz CT molecular complexity index is 1000. The summed E-state index contributed by atoms with van der Waals surface area (Å²) in [7, 11) is 0. The van der Waals surface area contributed by atoms with Gasteiger partial charge in [0.25, 0.3) is 0 Å². The summed E-state index contributed by atoms with van der Waals surface area (Å²) in [6.45, 7) is 7.32. The third kappa shape index (κ3) is 5.27. The van der Waals surface area contributed by atoms with Gasteiger partial charge in [0, 0.05) is 36.7 Å². The van der Waals surface area contributed by atoms with Crippen LogP contribution in [0.5, 0.6) is 0 Å². The van der Waals surface area contributed by atoms with Crippen molar-refractivity contribution in [3.8, 4) is 11.1 Å². The van der Waals surface area contributed by atoms with Crippen LogP contribution in [0.2, 0.25) is 5.02 Å². The fourth-order valence-corrected chi connectivity index (χ4v) is 4.70. The number of anilines is 1. The van der Waals surface area contributed by atoms with E-state index in [2.05, 4.69) is 59.5 Å². The van der Waals surface area contributed by atoms with Crippen molar-refractivity contribution in [2.75, 3.05) is 11.9 Å². The maximum absolute atomic E-state index is 6.38. The number of aryl methyl sites for hydroxylation is 1. The highest BCUT2D eigenvalue weighted by atomic mass is 35.5. The molecule has 1 N–H and O–H groups in total. The van der Waals surface area contributed by atoms with Crippen LogP contribution in [0.4, 0.5) is 5.82 Å². The van der Waals surface area contributed by atoms with Crippen LogP contribution in [0.25, 0.3) is 11.1 Å². The molecule has 3 aromatic rings. The first kappa shape index (κ1) is 21.8. The quantitative estimate of drug-likeness (QED) is 0.457. The molecule has 0 unspecified atom stereocenters. The van der Waals surface area contributed by atoms with Crippen molar-refractivity contribution < 1.29 is 0 Å². The Kier molecular flexibility index (Phi) is 6.91. The van der Waals surface area contributed by atoms with E-state index in [1.807, 2.05) is 29.3 Å². The van der Waals surface area contributed by atoms with Crippen molar-refractivity contribution in [3.05, 3.63) is 59.3 Å². The van der Waals surface area contributed by atoms with E-state index in [-0.39, 0.29) is 0 Å². The Morgan fingerprint density at radius 1 is 1.10 bits per heavy atom. The van der Waals surface area contributed by atoms with Gasteiger partial charge in [-0.3, -0.25) is 9.67 Å². The molecule has 1 saturated carbocycles. The lowest BCUT2D eigenvalue weighted by atomic mass is 9.79. The second kappa shape index (κ2) is 9.82. The van der Waals surface area contributed by atoms with Gasteiger partial charge in [-0.1, -0.05) is 18.5 Å². The van der Waals surface area contributed by atoms with Crippen molar-refractivity contribution in [2.45, 2.75) is 64.8 Å². The van der Waals surface area contributed by atoms with Gasteiger partial charge in [-0.25, -0.2) is 4.98 Å². The molecule has 4 rings (SSSR count). The van der Waals surface area contributed by atoms with Crippen molar-refractivity contribution in [3.63, 3.8) is 0 Å². The van der Waals surface area contributed by atoms with Crippen molar-refractivity contribution >= 4 is 17.4 Å². The Hall–Kier alpha value is -2.40. The minimum absolute atomic E-state index is 0.361. The third-order valence-electron chi connectivity index (χ3n) is 6.39. The normalized spacial score (nSPS) is 19.0. The highest BCUT2D eigenvalue weighted by molar-refractivity contribution is 6.31. The highest BCUT2D eigenvalue weighted by Gasteiger charge is 2.23. The van der Waals surface area contributed by atoms with Crippen LogP contribution in [0.3, 0.4) is 0 Å². The Morgan fingerprint density at radius 3 is 2.58 bits per heavy atom. The van der Waals surface area contributed by atoms with E-state index in [0.717, 1.165) is 40.6 Å². The van der Waals surface area contributed by atoms with Gasteiger partial charge < -0.3 is 5.32 Å². The van der Waals surface area contributed by atoms with Gasteiger partial charge in [0.05, 0.1) is 16.9 Å². The first-order valence-corrected chi connectivity index (χ1v) is 11.8. The zero-order chi connectivity index (χ0) is 21.8. The lowest BCUT2D eigenvalue weighted by Crippen LogP contribution is -2.21. The molecule has 0 amide bonds. The smallest absolute Gasteiger partial charge is 0.126 e.